The number of imidazole rings is 1. The lowest BCUT2D eigenvalue weighted by Crippen LogP contribution is -2.34. The summed E-state index contributed by atoms with van der Waals surface area (Å²) in [4.78, 5) is 3.08. The van der Waals surface area contributed by atoms with Crippen LogP contribution < -0.4 is 4.57 Å². The second-order valence-corrected chi connectivity index (χ2v) is 3.76. The van der Waals surface area contributed by atoms with E-state index in [1.807, 2.05) is 12.5 Å². The minimum absolute atomic E-state index is 0.642. The van der Waals surface area contributed by atoms with Gasteiger partial charge in [0.15, 0.2) is 0 Å². The quantitative estimate of drug-likeness (QED) is 0.514. The molecule has 1 aromatic rings. The Bertz CT molecular complexity index is 204. The Labute approximate surface area is 81.0 Å². The van der Waals surface area contributed by atoms with E-state index in [1.165, 1.54) is 32.1 Å². The molecule has 2 nitrogen and oxygen atoms in total. The van der Waals surface area contributed by atoms with Gasteiger partial charge in [-0.3, -0.25) is 4.98 Å². The first-order valence-electron chi connectivity index (χ1n) is 5.38. The number of nitrogens with one attached hydrogen (secondary N) is 1. The first kappa shape index (κ1) is 10.3. The van der Waals surface area contributed by atoms with Gasteiger partial charge in [-0.15, -0.1) is 0 Å². The maximum absolute atomic E-state index is 3.08. The van der Waals surface area contributed by atoms with Crippen LogP contribution in [0.4, 0.5) is 0 Å². The van der Waals surface area contributed by atoms with Gasteiger partial charge in [0.05, 0.1) is 6.04 Å². The van der Waals surface area contributed by atoms with Crippen LogP contribution in [0.15, 0.2) is 18.7 Å². The van der Waals surface area contributed by atoms with Crippen molar-refractivity contribution in [3.8, 4) is 0 Å². The van der Waals surface area contributed by atoms with Crippen LogP contribution in [-0.2, 0) is 0 Å². The van der Waals surface area contributed by atoms with E-state index in [0.29, 0.717) is 6.04 Å². The Morgan fingerprint density at radius 3 is 2.77 bits per heavy atom. The van der Waals surface area contributed by atoms with Crippen LogP contribution >= 0.6 is 0 Å². The maximum Gasteiger partial charge on any atom is 0.241 e. The predicted octanol–water partition coefficient (Wildman–Crippen LogP) is 2.83. The minimum atomic E-state index is 0.642. The molecule has 0 bridgehead atoms. The van der Waals surface area contributed by atoms with Gasteiger partial charge in [0, 0.05) is 0 Å². The van der Waals surface area contributed by atoms with E-state index in [1.54, 1.807) is 0 Å². The average molecular weight is 181 g/mol. The van der Waals surface area contributed by atoms with Crippen LogP contribution in [0, 0.1) is 0 Å². The number of H-pyrrole nitrogens is 1. The van der Waals surface area contributed by atoms with E-state index in [0.717, 1.165) is 0 Å². The molecule has 1 aromatic heterocycles. The first-order valence-corrected chi connectivity index (χ1v) is 5.38. The number of aromatic amines is 1. The lowest BCUT2D eigenvalue weighted by Gasteiger charge is -2.06. The zero-order chi connectivity index (χ0) is 9.52. The van der Waals surface area contributed by atoms with Gasteiger partial charge >= 0.3 is 0 Å². The standard InChI is InChI=1S/C11H20N2/c1-3-4-5-6-7-11(2)13-9-8-12-10-13/h8-11H,3-7H2,1-2H3/p+1. The van der Waals surface area contributed by atoms with E-state index >= 15 is 0 Å². The number of hydrogen-bond acceptors (Lipinski definition) is 0. The van der Waals surface area contributed by atoms with Crippen LogP contribution in [-0.4, -0.2) is 4.98 Å². The van der Waals surface area contributed by atoms with Crippen molar-refractivity contribution in [1.82, 2.24) is 4.98 Å². The van der Waals surface area contributed by atoms with Crippen molar-refractivity contribution in [2.45, 2.75) is 52.0 Å². The van der Waals surface area contributed by atoms with Crippen LogP contribution in [0.5, 0.6) is 0 Å². The third-order valence-electron chi connectivity index (χ3n) is 2.55. The fourth-order valence-corrected chi connectivity index (χ4v) is 1.59. The van der Waals surface area contributed by atoms with Crippen molar-refractivity contribution in [3.05, 3.63) is 18.7 Å². The fourth-order valence-electron chi connectivity index (χ4n) is 1.59. The van der Waals surface area contributed by atoms with Gasteiger partial charge in [-0.1, -0.05) is 26.2 Å². The molecule has 0 aliphatic carbocycles. The molecule has 0 aliphatic rings. The van der Waals surface area contributed by atoms with Crippen LogP contribution in [0.1, 0.15) is 52.0 Å². The van der Waals surface area contributed by atoms with Gasteiger partial charge in [-0.2, -0.15) is 0 Å². The number of unbranched alkanes of at least 4 members (excludes halogenated alkanes) is 3. The molecule has 1 heterocycles. The second-order valence-electron chi connectivity index (χ2n) is 3.76. The van der Waals surface area contributed by atoms with Crippen molar-refractivity contribution in [3.63, 3.8) is 0 Å². The van der Waals surface area contributed by atoms with E-state index in [4.69, 9.17) is 0 Å². The van der Waals surface area contributed by atoms with E-state index < -0.39 is 0 Å². The third-order valence-corrected chi connectivity index (χ3v) is 2.55. The highest BCUT2D eigenvalue weighted by molar-refractivity contribution is 4.58. The summed E-state index contributed by atoms with van der Waals surface area (Å²) >= 11 is 0. The molecule has 1 rings (SSSR count). The van der Waals surface area contributed by atoms with Gasteiger partial charge < -0.3 is 0 Å². The molecule has 0 radical (unpaired) electrons. The van der Waals surface area contributed by atoms with Crippen LogP contribution in [0.25, 0.3) is 0 Å². The Hall–Kier alpha value is -0.790. The molecule has 1 atom stereocenters. The summed E-state index contributed by atoms with van der Waals surface area (Å²) in [5.74, 6) is 0. The van der Waals surface area contributed by atoms with Crippen molar-refractivity contribution in [2.24, 2.45) is 0 Å². The Kier molecular flexibility index (Phi) is 4.58. The highest BCUT2D eigenvalue weighted by Gasteiger charge is 2.07. The smallest absolute Gasteiger partial charge is 0.241 e. The summed E-state index contributed by atoms with van der Waals surface area (Å²) in [6.45, 7) is 4.53. The summed E-state index contributed by atoms with van der Waals surface area (Å²) in [6.07, 6.45) is 12.8. The molecule has 0 saturated carbocycles. The summed E-state index contributed by atoms with van der Waals surface area (Å²) < 4.78 is 2.24. The van der Waals surface area contributed by atoms with E-state index in [9.17, 15) is 0 Å². The molecule has 1 N–H and O–H groups in total. The second kappa shape index (κ2) is 5.79. The summed E-state index contributed by atoms with van der Waals surface area (Å²) in [7, 11) is 0. The Morgan fingerprint density at radius 2 is 2.15 bits per heavy atom. The van der Waals surface area contributed by atoms with Gasteiger partial charge in [-0.05, 0) is 19.8 Å². The largest absolute Gasteiger partial charge is 0.250 e. The van der Waals surface area contributed by atoms with E-state index in [-0.39, 0.29) is 0 Å². The Balaban J connectivity index is 2.15. The molecule has 0 spiro atoms. The fraction of sp³-hybridized carbons (Fsp3) is 0.727. The van der Waals surface area contributed by atoms with E-state index in [2.05, 4.69) is 29.6 Å². The van der Waals surface area contributed by atoms with Gasteiger partial charge in [0.25, 0.3) is 0 Å². The molecule has 0 fully saturated rings. The first-order chi connectivity index (χ1) is 6.34. The third kappa shape index (κ3) is 3.62. The minimum Gasteiger partial charge on any atom is -0.250 e. The zero-order valence-electron chi connectivity index (χ0n) is 8.79. The number of nitrogens with zero attached hydrogens (tertiary/aromatic N) is 1. The van der Waals surface area contributed by atoms with Crippen molar-refractivity contribution in [2.75, 3.05) is 0 Å². The van der Waals surface area contributed by atoms with Gasteiger partial charge in [0.1, 0.15) is 12.4 Å². The van der Waals surface area contributed by atoms with Crippen molar-refractivity contribution >= 4 is 0 Å². The zero-order valence-corrected chi connectivity index (χ0v) is 8.79. The normalized spacial score (nSPS) is 13.1. The number of rotatable bonds is 6. The summed E-state index contributed by atoms with van der Waals surface area (Å²) in [5.41, 5.74) is 0. The predicted molar refractivity (Wildman–Crippen MR) is 54.5 cm³/mol. The maximum atomic E-state index is 3.08. The topological polar surface area (TPSA) is 19.7 Å². The molecule has 0 amide bonds. The lowest BCUT2D eigenvalue weighted by atomic mass is 10.1. The van der Waals surface area contributed by atoms with Crippen molar-refractivity contribution < 1.29 is 4.57 Å². The average Bonchev–Trinajstić information content (AvgIpc) is 2.65. The number of aromatic nitrogens is 2. The SMILES string of the molecule is CCCCCCC(C)[n+]1cc[nH]c1. The highest BCUT2D eigenvalue weighted by atomic mass is 15.0. The lowest BCUT2D eigenvalue weighted by molar-refractivity contribution is -0.719. The molecule has 13 heavy (non-hydrogen) atoms. The highest BCUT2D eigenvalue weighted by Crippen LogP contribution is 2.09. The molecular formula is C11H21N2+. The molecule has 1 unspecified atom stereocenters. The monoisotopic (exact) mass is 181 g/mol. The summed E-state index contributed by atoms with van der Waals surface area (Å²) in [5, 5.41) is 0. The molecular weight excluding hydrogens is 160 g/mol. The summed E-state index contributed by atoms with van der Waals surface area (Å²) in [6, 6.07) is 0.642. The molecule has 0 saturated heterocycles. The van der Waals surface area contributed by atoms with Gasteiger partial charge in [0.2, 0.25) is 6.33 Å². The molecule has 0 aromatic carbocycles. The van der Waals surface area contributed by atoms with Crippen molar-refractivity contribution in [1.29, 1.82) is 0 Å². The Morgan fingerprint density at radius 1 is 1.31 bits per heavy atom. The van der Waals surface area contributed by atoms with Gasteiger partial charge in [-0.25, -0.2) is 4.57 Å². The molecule has 0 aliphatic heterocycles. The van der Waals surface area contributed by atoms with Crippen LogP contribution in [0.2, 0.25) is 0 Å². The molecule has 74 valence electrons. The number of hydrogen-bond donors (Lipinski definition) is 1. The van der Waals surface area contributed by atoms with Crippen LogP contribution in [0.3, 0.4) is 0 Å². The molecule has 2 heteroatoms.